The van der Waals surface area contributed by atoms with Crippen molar-refractivity contribution in [3.05, 3.63) is 47.8 Å². The van der Waals surface area contributed by atoms with Crippen LogP contribution in [0.2, 0.25) is 0 Å². The summed E-state index contributed by atoms with van der Waals surface area (Å²) in [6.45, 7) is 21.0. The van der Waals surface area contributed by atoms with Crippen LogP contribution in [0.4, 0.5) is 0 Å². The van der Waals surface area contributed by atoms with E-state index < -0.39 is 185 Å². The van der Waals surface area contributed by atoms with Gasteiger partial charge in [0.2, 0.25) is 70.9 Å². The molecule has 0 saturated carbocycles. The minimum absolute atomic E-state index is 0.0143. The Hall–Kier alpha value is -8.17. The van der Waals surface area contributed by atoms with Crippen molar-refractivity contribution in [2.75, 3.05) is 32.7 Å². The summed E-state index contributed by atoms with van der Waals surface area (Å²) in [6, 6.07) is -4.52. The lowest BCUT2D eigenvalue weighted by Crippen LogP contribution is -2.61. The summed E-state index contributed by atoms with van der Waals surface area (Å²) in [5, 5.41) is 36.5. The highest BCUT2D eigenvalue weighted by atomic mass is 16.3. The molecule has 4 saturated heterocycles. The molecule has 0 bridgehead atoms. The molecule has 28 heteroatoms. The molecule has 97 heavy (non-hydrogen) atoms. The van der Waals surface area contributed by atoms with Crippen molar-refractivity contribution >= 4 is 76.8 Å². The van der Waals surface area contributed by atoms with Crippen LogP contribution in [0.15, 0.2) is 42.2 Å². The minimum Gasteiger partial charge on any atom is -0.391 e. The molecular formula is C69H108N14O14. The minimum atomic E-state index is -1.35. The fraction of sp³-hybridized carbons (Fsp3) is 0.696. The molecule has 5 heterocycles. The zero-order valence-electron chi connectivity index (χ0n) is 58.7. The first kappa shape index (κ1) is 77.8. The summed E-state index contributed by atoms with van der Waals surface area (Å²) in [6.07, 6.45) is 2.82. The zero-order chi connectivity index (χ0) is 71.7. The Bertz CT molecular complexity index is 3040. The van der Waals surface area contributed by atoms with Gasteiger partial charge in [0.15, 0.2) is 0 Å². The largest absolute Gasteiger partial charge is 0.391 e. The van der Waals surface area contributed by atoms with Gasteiger partial charge in [-0.2, -0.15) is 0 Å². The van der Waals surface area contributed by atoms with Gasteiger partial charge in [0.25, 0.3) is 5.91 Å². The van der Waals surface area contributed by atoms with Crippen LogP contribution in [0.3, 0.4) is 0 Å². The van der Waals surface area contributed by atoms with Gasteiger partial charge in [0.05, 0.1) is 12.6 Å². The Kier molecular flexibility index (Phi) is 28.8. The summed E-state index contributed by atoms with van der Waals surface area (Å²) in [5.74, 6) is -11.8. The molecule has 5 aliphatic heterocycles. The summed E-state index contributed by atoms with van der Waals surface area (Å²) < 4.78 is 0. The molecule has 0 aromatic heterocycles. The third-order valence-electron chi connectivity index (χ3n) is 19.6. The molecule has 1 aromatic rings. The summed E-state index contributed by atoms with van der Waals surface area (Å²) in [4.78, 5) is 194. The van der Waals surface area contributed by atoms with Crippen molar-refractivity contribution < 1.29 is 67.4 Å². The Morgan fingerprint density at radius 3 is 1.77 bits per heavy atom. The van der Waals surface area contributed by atoms with Crippen molar-refractivity contribution in [3.63, 3.8) is 0 Å². The number of likely N-dealkylation sites (tertiary alicyclic amines) is 1. The molecule has 4 fully saturated rings. The van der Waals surface area contributed by atoms with Gasteiger partial charge < -0.3 is 78.3 Å². The number of hydrogen-bond acceptors (Lipinski definition) is 15. The molecule has 6 rings (SSSR count). The first-order valence-electron chi connectivity index (χ1n) is 35.0. The number of benzene rings is 1. The van der Waals surface area contributed by atoms with Crippen LogP contribution in [-0.4, -0.2) is 207 Å². The Balaban J connectivity index is 1.41. The van der Waals surface area contributed by atoms with Crippen LogP contribution < -0.4 is 53.6 Å². The summed E-state index contributed by atoms with van der Waals surface area (Å²) in [5.41, 5.74) is 5.55. The van der Waals surface area contributed by atoms with E-state index in [9.17, 15) is 53.1 Å². The van der Waals surface area contributed by atoms with E-state index >= 15 is 14.4 Å². The van der Waals surface area contributed by atoms with Crippen molar-refractivity contribution in [1.29, 1.82) is 0 Å². The number of primary amides is 1. The Labute approximate surface area is 570 Å². The van der Waals surface area contributed by atoms with Crippen molar-refractivity contribution in [3.8, 4) is 0 Å². The van der Waals surface area contributed by atoms with E-state index in [1.165, 1.54) is 19.6 Å². The summed E-state index contributed by atoms with van der Waals surface area (Å²) in [7, 11) is 0. The molecule has 15 atom stereocenters. The van der Waals surface area contributed by atoms with Crippen LogP contribution in [-0.2, 0) is 68.7 Å². The second kappa shape index (κ2) is 35.9. The van der Waals surface area contributed by atoms with E-state index in [0.29, 0.717) is 37.7 Å². The quantitative estimate of drug-likeness (QED) is 0.0798. The number of carbonyl (C=O) groups is 13. The predicted molar refractivity (Wildman–Crippen MR) is 360 cm³/mol. The Morgan fingerprint density at radius 2 is 1.16 bits per heavy atom. The standard InChI is InChI=1S/C69H108N14O14/c1-13-40(10)55(64(92)74-46(58(86)72-35-53(70)85)32-43-22-17-16-18-23-43)78-61(89)50-25-19-27-80(50)67(95)48-34-71-57(42(12)15-3)69(97)83-36-44(84)33-52(83)62(90)77-54(39(8)9)63(91)79-56(41(11)14-2)65(93)75-47(31-38(6)7)66(94)82-29-21-26-51(82)68(96)81-28-20-24-49(81)60(88)73-45(30-37(4)5)59(87)76-48/h16-18,22-23,34,37-42,44-47,49-52,54-57,71,84H,13-15,19-21,24-33,35-36H2,1-12H3,(H2,70,85)(H,72,86)(H,73,88)(H,74,92)(H,75,93)(H,76,87)(H,77,90)(H,78,89)(H,79,91)/b48-34-/t40-,41+,42-,44+,45-,46-,47-,49-,50-,51-,52-,54-,55-,56-,57-/m0/s1. The SMILES string of the molecule is CC[C@@H](C)[C@@H]1NC(=O)[C@H](C(C)C)NC(=O)[C@@H]2C[C@@H](O)CN2C(=O)[C@H]([C@@H](C)CC)N/C=C(/C(=O)N2CCC[C@H]2C(=O)N[C@H](C(=O)N[C@@H](Cc2ccccc2)C(=O)NCC(N)=O)[C@@H](C)CC)NC(=O)[C@H](CC(C)C)NC(=O)[C@@H]2CCCN2C(=O)[C@@H]2CCCN2C(=O)[C@H](CC(C)C)NC1=O. The predicted octanol–water partition coefficient (Wildman–Crippen LogP) is 0.490. The van der Waals surface area contributed by atoms with Gasteiger partial charge >= 0.3 is 0 Å². The topological polar surface area (TPSA) is 389 Å². The van der Waals surface area contributed by atoms with Crippen LogP contribution in [0.5, 0.6) is 0 Å². The second-order valence-corrected chi connectivity index (χ2v) is 28.3. The van der Waals surface area contributed by atoms with Crippen LogP contribution >= 0.6 is 0 Å². The van der Waals surface area contributed by atoms with Gasteiger partial charge in [-0.1, -0.05) is 133 Å². The van der Waals surface area contributed by atoms with E-state index in [2.05, 4.69) is 47.9 Å². The van der Waals surface area contributed by atoms with Crippen molar-refractivity contribution in [2.24, 2.45) is 41.2 Å². The molecule has 0 spiro atoms. The lowest BCUT2D eigenvalue weighted by Gasteiger charge is -2.34. The third-order valence-corrected chi connectivity index (χ3v) is 19.6. The number of nitrogens with two attached hydrogens (primary N) is 1. The number of aliphatic hydroxyl groups excluding tert-OH is 1. The number of nitrogens with one attached hydrogen (secondary N) is 9. The Morgan fingerprint density at radius 1 is 0.598 bits per heavy atom. The van der Waals surface area contributed by atoms with Crippen LogP contribution in [0, 0.1) is 35.5 Å². The number of amides is 13. The van der Waals surface area contributed by atoms with E-state index in [-0.39, 0.29) is 89.4 Å². The molecule has 5 aliphatic rings. The number of carbonyl (C=O) groups excluding carboxylic acids is 13. The van der Waals surface area contributed by atoms with E-state index in [0.717, 1.165) is 6.20 Å². The van der Waals surface area contributed by atoms with Gasteiger partial charge in [0, 0.05) is 45.2 Å². The normalized spacial score (nSPS) is 27.3. The van der Waals surface area contributed by atoms with Crippen LogP contribution in [0.25, 0.3) is 0 Å². The molecule has 28 nitrogen and oxygen atoms in total. The first-order valence-corrected chi connectivity index (χ1v) is 35.0. The maximum atomic E-state index is 15.5. The number of rotatable bonds is 21. The first-order chi connectivity index (χ1) is 45.9. The lowest BCUT2D eigenvalue weighted by molar-refractivity contribution is -0.148. The van der Waals surface area contributed by atoms with Crippen LogP contribution in [0.1, 0.15) is 166 Å². The van der Waals surface area contributed by atoms with E-state index in [1.54, 1.807) is 71.9 Å². The number of nitrogens with zero attached hydrogens (tertiary/aromatic N) is 4. The highest BCUT2D eigenvalue weighted by molar-refractivity contribution is 6.03. The molecule has 12 N–H and O–H groups in total. The number of aliphatic hydroxyl groups is 1. The van der Waals surface area contributed by atoms with Crippen molar-refractivity contribution in [1.82, 2.24) is 67.5 Å². The van der Waals surface area contributed by atoms with Gasteiger partial charge in [0.1, 0.15) is 72.2 Å². The van der Waals surface area contributed by atoms with Gasteiger partial charge in [-0.25, -0.2) is 0 Å². The van der Waals surface area contributed by atoms with Gasteiger partial charge in [-0.05, 0) is 92.4 Å². The molecule has 0 radical (unpaired) electrons. The number of hydrogen-bond donors (Lipinski definition) is 11. The van der Waals surface area contributed by atoms with Gasteiger partial charge in [-0.15, -0.1) is 0 Å². The summed E-state index contributed by atoms with van der Waals surface area (Å²) >= 11 is 0. The van der Waals surface area contributed by atoms with E-state index in [1.807, 2.05) is 41.5 Å². The monoisotopic (exact) mass is 1360 g/mol. The number of fused-ring (bicyclic) bond motifs is 3. The fourth-order valence-corrected chi connectivity index (χ4v) is 13.4. The smallest absolute Gasteiger partial charge is 0.272 e. The second-order valence-electron chi connectivity index (χ2n) is 28.3. The average Bonchev–Trinajstić information content (AvgIpc) is 1.70. The molecule has 13 amide bonds. The highest BCUT2D eigenvalue weighted by Crippen LogP contribution is 2.29. The third kappa shape index (κ3) is 20.5. The maximum Gasteiger partial charge on any atom is 0.272 e. The van der Waals surface area contributed by atoms with Crippen molar-refractivity contribution in [2.45, 2.75) is 239 Å². The molecular weight excluding hydrogens is 1250 g/mol. The van der Waals surface area contributed by atoms with E-state index in [4.69, 9.17) is 5.73 Å². The zero-order valence-corrected chi connectivity index (χ0v) is 58.7. The highest BCUT2D eigenvalue weighted by Gasteiger charge is 2.48. The maximum absolute atomic E-state index is 15.5. The molecule has 538 valence electrons. The molecule has 0 aliphatic carbocycles. The van der Waals surface area contributed by atoms with Gasteiger partial charge in [-0.3, -0.25) is 62.3 Å². The molecule has 0 unspecified atom stereocenters. The molecule has 1 aromatic carbocycles. The lowest BCUT2D eigenvalue weighted by atomic mass is 9.95. The average molecular weight is 1360 g/mol. The fourth-order valence-electron chi connectivity index (χ4n) is 13.4.